The van der Waals surface area contributed by atoms with Crippen LogP contribution >= 0.6 is 0 Å². The summed E-state index contributed by atoms with van der Waals surface area (Å²) in [4.78, 5) is 0. The van der Waals surface area contributed by atoms with Crippen LogP contribution in [0.1, 0.15) is 31.0 Å². The summed E-state index contributed by atoms with van der Waals surface area (Å²) in [5, 5.41) is 12.3. The van der Waals surface area contributed by atoms with E-state index in [1.807, 2.05) is 32.0 Å². The second-order valence-electron chi connectivity index (χ2n) is 4.18. The Bertz CT molecular complexity index is 439. The van der Waals surface area contributed by atoms with Gasteiger partial charge in [0.1, 0.15) is 0 Å². The second kappa shape index (κ2) is 6.53. The number of nitriles is 1. The zero-order chi connectivity index (χ0) is 12.8. The van der Waals surface area contributed by atoms with Gasteiger partial charge in [0.25, 0.3) is 0 Å². The SMILES string of the molecule is CC(NCC(C)S(C)=O)c1cccc(C#N)c1. The van der Waals surface area contributed by atoms with Crippen LogP contribution in [0.4, 0.5) is 0 Å². The van der Waals surface area contributed by atoms with Gasteiger partial charge in [0.05, 0.1) is 11.6 Å². The van der Waals surface area contributed by atoms with Crippen LogP contribution in [0.3, 0.4) is 0 Å². The lowest BCUT2D eigenvalue weighted by atomic mass is 10.1. The van der Waals surface area contributed by atoms with Crippen molar-refractivity contribution >= 4 is 10.8 Å². The second-order valence-corrected chi connectivity index (χ2v) is 5.98. The van der Waals surface area contributed by atoms with E-state index in [0.29, 0.717) is 12.1 Å². The van der Waals surface area contributed by atoms with E-state index in [1.54, 1.807) is 12.3 Å². The summed E-state index contributed by atoms with van der Waals surface area (Å²) in [5.41, 5.74) is 1.75. The summed E-state index contributed by atoms with van der Waals surface area (Å²) < 4.78 is 11.2. The van der Waals surface area contributed by atoms with E-state index in [0.717, 1.165) is 5.56 Å². The minimum Gasteiger partial charge on any atom is -0.309 e. The van der Waals surface area contributed by atoms with Crippen molar-refractivity contribution in [1.29, 1.82) is 5.26 Å². The van der Waals surface area contributed by atoms with Gasteiger partial charge in [-0.3, -0.25) is 4.21 Å². The molecule has 0 aliphatic heterocycles. The lowest BCUT2D eigenvalue weighted by molar-refractivity contribution is 0.569. The molecule has 0 aromatic heterocycles. The van der Waals surface area contributed by atoms with E-state index in [1.165, 1.54) is 0 Å². The highest BCUT2D eigenvalue weighted by Crippen LogP contribution is 2.13. The van der Waals surface area contributed by atoms with Gasteiger partial charge in [-0.15, -0.1) is 0 Å². The summed E-state index contributed by atoms with van der Waals surface area (Å²) in [5.74, 6) is 0. The Morgan fingerprint density at radius 2 is 2.18 bits per heavy atom. The number of benzene rings is 1. The van der Waals surface area contributed by atoms with Crippen molar-refractivity contribution in [2.45, 2.75) is 25.1 Å². The predicted octanol–water partition coefficient (Wildman–Crippen LogP) is 1.98. The molecule has 0 saturated heterocycles. The molecule has 0 spiro atoms. The fourth-order valence-corrected chi connectivity index (χ4v) is 1.79. The van der Waals surface area contributed by atoms with Gasteiger partial charge < -0.3 is 5.32 Å². The Kier molecular flexibility index (Phi) is 5.33. The predicted molar refractivity (Wildman–Crippen MR) is 71.1 cm³/mol. The molecule has 0 saturated carbocycles. The van der Waals surface area contributed by atoms with Gasteiger partial charge in [0.15, 0.2) is 0 Å². The normalized spacial score (nSPS) is 15.9. The molecule has 3 unspecified atom stereocenters. The van der Waals surface area contributed by atoms with Crippen molar-refractivity contribution in [1.82, 2.24) is 5.32 Å². The number of nitrogens with one attached hydrogen (secondary N) is 1. The van der Waals surface area contributed by atoms with Crippen LogP contribution in [0.25, 0.3) is 0 Å². The van der Waals surface area contributed by atoms with Gasteiger partial charge in [-0.25, -0.2) is 0 Å². The molecule has 0 heterocycles. The van der Waals surface area contributed by atoms with Crippen LogP contribution in [0.2, 0.25) is 0 Å². The van der Waals surface area contributed by atoms with Crippen molar-refractivity contribution in [2.75, 3.05) is 12.8 Å². The van der Waals surface area contributed by atoms with Crippen molar-refractivity contribution in [3.05, 3.63) is 35.4 Å². The first kappa shape index (κ1) is 13.9. The first-order chi connectivity index (χ1) is 8.04. The Morgan fingerprint density at radius 3 is 2.76 bits per heavy atom. The maximum absolute atomic E-state index is 11.2. The Balaban J connectivity index is 2.61. The smallest absolute Gasteiger partial charge is 0.0991 e. The quantitative estimate of drug-likeness (QED) is 0.869. The van der Waals surface area contributed by atoms with Crippen molar-refractivity contribution in [2.24, 2.45) is 0 Å². The Morgan fingerprint density at radius 1 is 1.47 bits per heavy atom. The van der Waals surface area contributed by atoms with Crippen molar-refractivity contribution in [3.63, 3.8) is 0 Å². The van der Waals surface area contributed by atoms with E-state index in [9.17, 15) is 4.21 Å². The molecule has 3 nitrogen and oxygen atoms in total. The van der Waals surface area contributed by atoms with E-state index in [2.05, 4.69) is 11.4 Å². The molecule has 0 aliphatic carbocycles. The zero-order valence-corrected chi connectivity index (χ0v) is 11.3. The first-order valence-corrected chi connectivity index (χ1v) is 7.22. The fourth-order valence-electron chi connectivity index (χ4n) is 1.46. The van der Waals surface area contributed by atoms with Gasteiger partial charge >= 0.3 is 0 Å². The number of hydrogen-bond donors (Lipinski definition) is 1. The zero-order valence-electron chi connectivity index (χ0n) is 10.4. The van der Waals surface area contributed by atoms with Crippen LogP contribution in [-0.2, 0) is 10.8 Å². The summed E-state index contributed by atoms with van der Waals surface area (Å²) in [7, 11) is -0.804. The molecular weight excluding hydrogens is 232 g/mol. The maximum Gasteiger partial charge on any atom is 0.0991 e. The molecule has 1 aromatic carbocycles. The highest BCUT2D eigenvalue weighted by Gasteiger charge is 2.10. The maximum atomic E-state index is 11.2. The lowest BCUT2D eigenvalue weighted by Crippen LogP contribution is -2.29. The van der Waals surface area contributed by atoms with Gasteiger partial charge in [-0.2, -0.15) is 5.26 Å². The molecule has 17 heavy (non-hydrogen) atoms. The summed E-state index contributed by atoms with van der Waals surface area (Å²) >= 11 is 0. The Labute approximate surface area is 105 Å². The highest BCUT2D eigenvalue weighted by atomic mass is 32.2. The third-order valence-electron chi connectivity index (χ3n) is 2.79. The molecule has 92 valence electrons. The van der Waals surface area contributed by atoms with E-state index >= 15 is 0 Å². The molecule has 1 N–H and O–H groups in total. The van der Waals surface area contributed by atoms with E-state index in [-0.39, 0.29) is 11.3 Å². The van der Waals surface area contributed by atoms with Gasteiger partial charge in [-0.05, 0) is 31.5 Å². The minimum atomic E-state index is -0.804. The van der Waals surface area contributed by atoms with Crippen LogP contribution in [-0.4, -0.2) is 22.3 Å². The van der Waals surface area contributed by atoms with Crippen LogP contribution in [0.5, 0.6) is 0 Å². The molecular formula is C13H18N2OS. The van der Waals surface area contributed by atoms with Crippen LogP contribution in [0, 0.1) is 11.3 Å². The number of nitrogens with zero attached hydrogens (tertiary/aromatic N) is 1. The molecule has 1 aromatic rings. The van der Waals surface area contributed by atoms with Crippen LogP contribution < -0.4 is 5.32 Å². The van der Waals surface area contributed by atoms with Gasteiger partial charge in [0, 0.05) is 34.9 Å². The van der Waals surface area contributed by atoms with E-state index in [4.69, 9.17) is 5.26 Å². The average Bonchev–Trinajstić information content (AvgIpc) is 2.35. The third-order valence-corrected chi connectivity index (χ3v) is 4.09. The summed E-state index contributed by atoms with van der Waals surface area (Å²) in [6, 6.07) is 9.84. The van der Waals surface area contributed by atoms with Gasteiger partial charge in [-0.1, -0.05) is 12.1 Å². The third kappa shape index (κ3) is 4.29. The summed E-state index contributed by atoms with van der Waals surface area (Å²) in [6.07, 6.45) is 1.72. The number of rotatable bonds is 5. The molecule has 0 fully saturated rings. The lowest BCUT2D eigenvalue weighted by Gasteiger charge is -2.17. The number of hydrogen-bond acceptors (Lipinski definition) is 3. The topological polar surface area (TPSA) is 52.9 Å². The van der Waals surface area contributed by atoms with Crippen molar-refractivity contribution in [3.8, 4) is 6.07 Å². The highest BCUT2D eigenvalue weighted by molar-refractivity contribution is 7.84. The molecule has 1 rings (SSSR count). The molecule has 0 amide bonds. The monoisotopic (exact) mass is 250 g/mol. The fraction of sp³-hybridized carbons (Fsp3) is 0.462. The first-order valence-electron chi connectivity index (χ1n) is 5.60. The molecule has 0 bridgehead atoms. The molecule has 0 radical (unpaired) electrons. The van der Waals surface area contributed by atoms with Crippen LogP contribution in [0.15, 0.2) is 24.3 Å². The minimum absolute atomic E-state index is 0.136. The largest absolute Gasteiger partial charge is 0.309 e. The standard InChI is InChI=1S/C13H18N2OS/c1-10(17(3)16)9-15-11(2)13-6-4-5-12(7-13)8-14/h4-7,10-11,15H,9H2,1-3H3. The van der Waals surface area contributed by atoms with Gasteiger partial charge in [0.2, 0.25) is 0 Å². The Hall–Kier alpha value is -1.18. The molecule has 3 atom stereocenters. The van der Waals surface area contributed by atoms with Crippen molar-refractivity contribution < 1.29 is 4.21 Å². The molecule has 0 aliphatic rings. The van der Waals surface area contributed by atoms with E-state index < -0.39 is 10.8 Å². The molecule has 4 heteroatoms. The average molecular weight is 250 g/mol. The summed E-state index contributed by atoms with van der Waals surface area (Å²) in [6.45, 7) is 4.71.